The summed E-state index contributed by atoms with van der Waals surface area (Å²) in [7, 11) is 1.97. The van der Waals surface area contributed by atoms with Gasteiger partial charge in [0.15, 0.2) is 5.96 Å². The van der Waals surface area contributed by atoms with E-state index in [9.17, 15) is 0 Å². The number of aryl methyl sites for hydroxylation is 2. The van der Waals surface area contributed by atoms with Crippen LogP contribution in [0.3, 0.4) is 0 Å². The van der Waals surface area contributed by atoms with Crippen LogP contribution < -0.4 is 10.6 Å². The van der Waals surface area contributed by atoms with Crippen molar-refractivity contribution in [3.05, 3.63) is 41.1 Å². The third-order valence-corrected chi connectivity index (χ3v) is 4.88. The Labute approximate surface area is 154 Å². The second-order valence-corrected chi connectivity index (χ2v) is 6.80. The fraction of sp³-hybridized carbons (Fsp3) is 0.579. The van der Waals surface area contributed by atoms with Gasteiger partial charge < -0.3 is 19.8 Å². The maximum absolute atomic E-state index is 5.46. The SMILES string of the molecule is Cc1nn(C)c(C)c1CN=C(NCCc1ccco1)NCC1CCOC1. The van der Waals surface area contributed by atoms with E-state index in [-0.39, 0.29) is 0 Å². The first kappa shape index (κ1) is 18.5. The molecule has 1 aliphatic rings. The molecule has 0 saturated carbocycles. The molecule has 0 bridgehead atoms. The van der Waals surface area contributed by atoms with Crippen LogP contribution in [0.2, 0.25) is 0 Å². The number of nitrogens with one attached hydrogen (secondary N) is 2. The second kappa shape index (κ2) is 8.89. The van der Waals surface area contributed by atoms with Gasteiger partial charge in [-0.05, 0) is 32.4 Å². The Morgan fingerprint density at radius 3 is 2.92 bits per heavy atom. The van der Waals surface area contributed by atoms with Crippen LogP contribution in [0.25, 0.3) is 0 Å². The maximum Gasteiger partial charge on any atom is 0.191 e. The fourth-order valence-electron chi connectivity index (χ4n) is 3.12. The van der Waals surface area contributed by atoms with Crippen LogP contribution in [-0.4, -0.2) is 42.0 Å². The summed E-state index contributed by atoms with van der Waals surface area (Å²) in [6, 6.07) is 3.90. The molecule has 7 heteroatoms. The van der Waals surface area contributed by atoms with E-state index >= 15 is 0 Å². The van der Waals surface area contributed by atoms with Crippen molar-refractivity contribution in [3.8, 4) is 0 Å². The lowest BCUT2D eigenvalue weighted by molar-refractivity contribution is 0.186. The molecule has 1 saturated heterocycles. The van der Waals surface area contributed by atoms with Crippen molar-refractivity contribution < 1.29 is 9.15 Å². The van der Waals surface area contributed by atoms with E-state index in [1.54, 1.807) is 6.26 Å². The summed E-state index contributed by atoms with van der Waals surface area (Å²) in [5.74, 6) is 2.35. The van der Waals surface area contributed by atoms with Gasteiger partial charge in [0.1, 0.15) is 5.76 Å². The Kier molecular flexibility index (Phi) is 6.33. The average molecular weight is 359 g/mol. The van der Waals surface area contributed by atoms with Crippen LogP contribution in [0.4, 0.5) is 0 Å². The molecule has 2 aromatic rings. The Bertz CT molecular complexity index is 715. The summed E-state index contributed by atoms with van der Waals surface area (Å²) >= 11 is 0. The standard InChI is InChI=1S/C19H29N5O2/c1-14-18(15(2)24(3)23-14)12-22-19(21-11-16-7-10-25-13-16)20-8-6-17-5-4-9-26-17/h4-5,9,16H,6-8,10-13H2,1-3H3,(H2,20,21,22). The summed E-state index contributed by atoms with van der Waals surface area (Å²) in [6.45, 7) is 8.06. The summed E-state index contributed by atoms with van der Waals surface area (Å²) in [5, 5.41) is 11.3. The van der Waals surface area contributed by atoms with Gasteiger partial charge in [0.05, 0.1) is 25.1 Å². The number of furan rings is 1. The van der Waals surface area contributed by atoms with Gasteiger partial charge in [-0.1, -0.05) is 0 Å². The number of ether oxygens (including phenoxy) is 1. The van der Waals surface area contributed by atoms with Crippen molar-refractivity contribution in [1.82, 2.24) is 20.4 Å². The largest absolute Gasteiger partial charge is 0.469 e. The van der Waals surface area contributed by atoms with Crippen molar-refractivity contribution in [2.24, 2.45) is 18.0 Å². The van der Waals surface area contributed by atoms with Gasteiger partial charge in [-0.2, -0.15) is 5.10 Å². The molecule has 0 aliphatic carbocycles. The van der Waals surface area contributed by atoms with Crippen molar-refractivity contribution in [2.45, 2.75) is 33.2 Å². The molecule has 142 valence electrons. The van der Waals surface area contributed by atoms with E-state index in [0.717, 1.165) is 62.3 Å². The zero-order valence-corrected chi connectivity index (χ0v) is 15.9. The van der Waals surface area contributed by atoms with E-state index in [0.29, 0.717) is 12.5 Å². The molecule has 1 fully saturated rings. The van der Waals surface area contributed by atoms with Crippen molar-refractivity contribution >= 4 is 5.96 Å². The molecule has 3 heterocycles. The van der Waals surface area contributed by atoms with Gasteiger partial charge in [0, 0.05) is 50.3 Å². The molecule has 0 amide bonds. The predicted molar refractivity (Wildman–Crippen MR) is 101 cm³/mol. The van der Waals surface area contributed by atoms with E-state index in [1.165, 1.54) is 5.56 Å². The van der Waals surface area contributed by atoms with Gasteiger partial charge in [0.25, 0.3) is 0 Å². The van der Waals surface area contributed by atoms with Gasteiger partial charge in [-0.25, -0.2) is 4.99 Å². The fourth-order valence-corrected chi connectivity index (χ4v) is 3.12. The highest BCUT2D eigenvalue weighted by Crippen LogP contribution is 2.13. The molecule has 1 unspecified atom stereocenters. The number of hydrogen-bond acceptors (Lipinski definition) is 4. The van der Waals surface area contributed by atoms with Crippen LogP contribution in [-0.2, 0) is 24.8 Å². The Balaban J connectivity index is 1.60. The molecule has 0 radical (unpaired) electrons. The van der Waals surface area contributed by atoms with Crippen molar-refractivity contribution in [1.29, 1.82) is 0 Å². The molecule has 26 heavy (non-hydrogen) atoms. The quantitative estimate of drug-likeness (QED) is 0.584. The monoisotopic (exact) mass is 359 g/mol. The summed E-state index contributed by atoms with van der Waals surface area (Å²) < 4.78 is 12.8. The molecule has 0 spiro atoms. The minimum Gasteiger partial charge on any atom is -0.469 e. The molecule has 2 N–H and O–H groups in total. The van der Waals surface area contributed by atoms with E-state index in [2.05, 4.69) is 22.7 Å². The number of aromatic nitrogens is 2. The summed E-state index contributed by atoms with van der Waals surface area (Å²) in [5.41, 5.74) is 3.38. The Hall–Kier alpha value is -2.28. The predicted octanol–water partition coefficient (Wildman–Crippen LogP) is 1.94. The third kappa shape index (κ3) is 4.88. The van der Waals surface area contributed by atoms with E-state index in [1.807, 2.05) is 30.8 Å². The van der Waals surface area contributed by atoms with Crippen LogP contribution >= 0.6 is 0 Å². The molecule has 2 aromatic heterocycles. The lowest BCUT2D eigenvalue weighted by Gasteiger charge is -2.15. The topological polar surface area (TPSA) is 76.6 Å². The van der Waals surface area contributed by atoms with Crippen LogP contribution in [0.5, 0.6) is 0 Å². The number of hydrogen-bond donors (Lipinski definition) is 2. The van der Waals surface area contributed by atoms with Crippen LogP contribution in [0.1, 0.15) is 29.1 Å². The smallest absolute Gasteiger partial charge is 0.191 e. The highest BCUT2D eigenvalue weighted by molar-refractivity contribution is 5.79. The van der Waals surface area contributed by atoms with Crippen LogP contribution in [0, 0.1) is 19.8 Å². The van der Waals surface area contributed by atoms with E-state index < -0.39 is 0 Å². The Morgan fingerprint density at radius 1 is 1.38 bits per heavy atom. The molecule has 1 aliphatic heterocycles. The molecular weight excluding hydrogens is 330 g/mol. The molecular formula is C19H29N5O2. The summed E-state index contributed by atoms with van der Waals surface area (Å²) in [6.07, 6.45) is 3.63. The number of aliphatic imine (C=N–C) groups is 1. The highest BCUT2D eigenvalue weighted by atomic mass is 16.5. The van der Waals surface area contributed by atoms with Gasteiger partial charge in [0.2, 0.25) is 0 Å². The van der Waals surface area contributed by atoms with Gasteiger partial charge in [-0.15, -0.1) is 0 Å². The van der Waals surface area contributed by atoms with Gasteiger partial charge >= 0.3 is 0 Å². The normalized spacial score (nSPS) is 17.7. The molecule has 7 nitrogen and oxygen atoms in total. The zero-order valence-electron chi connectivity index (χ0n) is 15.9. The lowest BCUT2D eigenvalue weighted by atomic mass is 10.1. The first-order valence-electron chi connectivity index (χ1n) is 9.25. The first-order chi connectivity index (χ1) is 12.6. The number of nitrogens with zero attached hydrogens (tertiary/aromatic N) is 3. The minimum atomic E-state index is 0.550. The van der Waals surface area contributed by atoms with E-state index in [4.69, 9.17) is 14.1 Å². The van der Waals surface area contributed by atoms with Crippen molar-refractivity contribution in [2.75, 3.05) is 26.3 Å². The van der Waals surface area contributed by atoms with Crippen molar-refractivity contribution in [3.63, 3.8) is 0 Å². The second-order valence-electron chi connectivity index (χ2n) is 6.80. The average Bonchev–Trinajstić information content (AvgIpc) is 3.36. The number of guanidine groups is 1. The third-order valence-electron chi connectivity index (χ3n) is 4.88. The molecule has 0 aromatic carbocycles. The van der Waals surface area contributed by atoms with Gasteiger partial charge in [-0.3, -0.25) is 4.68 Å². The highest BCUT2D eigenvalue weighted by Gasteiger charge is 2.16. The maximum atomic E-state index is 5.46. The molecule has 3 rings (SSSR count). The lowest BCUT2D eigenvalue weighted by Crippen LogP contribution is -2.41. The number of rotatable bonds is 7. The molecule has 1 atom stereocenters. The minimum absolute atomic E-state index is 0.550. The summed E-state index contributed by atoms with van der Waals surface area (Å²) in [4.78, 5) is 4.78. The first-order valence-corrected chi connectivity index (χ1v) is 9.25. The zero-order chi connectivity index (χ0) is 18.4. The Morgan fingerprint density at radius 2 is 2.27 bits per heavy atom. The van der Waals surface area contributed by atoms with Crippen LogP contribution in [0.15, 0.2) is 27.8 Å².